The van der Waals surface area contributed by atoms with E-state index >= 15 is 0 Å². The molecule has 6 aliphatic carbocycles. The Hall–Kier alpha value is -1.54. The number of phenolic OH excluding ortho intramolecular Hbond substituents is 1. The van der Waals surface area contributed by atoms with Crippen LogP contribution in [-0.2, 0) is 17.6 Å². The van der Waals surface area contributed by atoms with Gasteiger partial charge in [0.2, 0.25) is 0 Å². The highest BCUT2D eigenvalue weighted by Gasteiger charge is 2.80. The molecule has 9 atom stereocenters. The third-order valence-electron chi connectivity index (χ3n) is 13.6. The Balaban J connectivity index is 1.35. The normalized spacial score (nSPS) is 48.8. The number of rotatable bonds is 1. The number of ether oxygens (including phenoxy) is 1. The minimum atomic E-state index is -0.517. The van der Waals surface area contributed by atoms with Crippen LogP contribution in [-0.4, -0.2) is 33.6 Å². The zero-order chi connectivity index (χ0) is 26.7. The molecule has 2 saturated heterocycles. The van der Waals surface area contributed by atoms with Crippen molar-refractivity contribution >= 4 is 0 Å². The van der Waals surface area contributed by atoms with E-state index < -0.39 is 5.54 Å². The van der Waals surface area contributed by atoms with Crippen LogP contribution >= 0.6 is 0 Å². The molecule has 4 heteroatoms. The van der Waals surface area contributed by atoms with Crippen LogP contribution < -0.4 is 5.73 Å². The molecule has 2 spiro atoms. The molecule has 1 aromatic carbocycles. The van der Waals surface area contributed by atoms with Gasteiger partial charge >= 0.3 is 0 Å². The Bertz CT molecular complexity index is 1240. The van der Waals surface area contributed by atoms with E-state index in [4.69, 9.17) is 10.5 Å². The predicted molar refractivity (Wildman–Crippen MR) is 152 cm³/mol. The maximum atomic E-state index is 10.8. The van der Waals surface area contributed by atoms with Gasteiger partial charge in [-0.3, -0.25) is 0 Å². The van der Waals surface area contributed by atoms with E-state index in [1.807, 2.05) is 12.1 Å². The lowest BCUT2D eigenvalue weighted by Crippen LogP contribution is -2.86. The smallest absolute Gasteiger partial charge is 0.115 e. The molecule has 9 rings (SSSR count). The number of aliphatic hydroxyl groups is 1. The summed E-state index contributed by atoms with van der Waals surface area (Å²) in [5.41, 5.74) is 9.99. The lowest BCUT2D eigenvalue weighted by atomic mass is 9.33. The van der Waals surface area contributed by atoms with Crippen molar-refractivity contribution in [1.82, 2.24) is 0 Å². The molecule has 7 fully saturated rings. The van der Waals surface area contributed by atoms with Crippen molar-refractivity contribution in [3.8, 4) is 17.6 Å². The fraction of sp³-hybridized carbons (Fsp3) is 0.771. The number of hydrogen-bond donors (Lipinski definition) is 3. The summed E-state index contributed by atoms with van der Waals surface area (Å²) in [6.07, 6.45) is 17.8. The number of benzene rings is 1. The van der Waals surface area contributed by atoms with Gasteiger partial charge in [-0.05, 0) is 123 Å². The molecular weight excluding hydrogens is 482 g/mol. The van der Waals surface area contributed by atoms with Gasteiger partial charge in [0.25, 0.3) is 0 Å². The van der Waals surface area contributed by atoms with Crippen LogP contribution in [0.5, 0.6) is 5.75 Å². The summed E-state index contributed by atoms with van der Waals surface area (Å²) >= 11 is 0. The number of aromatic hydroxyl groups is 1. The predicted octanol–water partition coefficient (Wildman–Crippen LogP) is 5.90. The second kappa shape index (κ2) is 8.27. The maximum Gasteiger partial charge on any atom is 0.115 e. The highest BCUT2D eigenvalue weighted by atomic mass is 16.5. The number of aliphatic hydroxyl groups excluding tert-OH is 1. The molecule has 1 aromatic rings. The molecule has 2 heterocycles. The molecule has 0 radical (unpaired) electrons. The van der Waals surface area contributed by atoms with Gasteiger partial charge in [0.05, 0.1) is 17.1 Å². The monoisotopic (exact) mass is 529 g/mol. The zero-order valence-electron chi connectivity index (χ0n) is 23.8. The van der Waals surface area contributed by atoms with Crippen molar-refractivity contribution in [2.45, 2.75) is 120 Å². The molecule has 5 saturated carbocycles. The lowest BCUT2D eigenvalue weighted by molar-refractivity contribution is -0.383. The quantitative estimate of drug-likeness (QED) is 0.396. The van der Waals surface area contributed by atoms with Crippen molar-refractivity contribution in [2.24, 2.45) is 46.2 Å². The molecule has 7 bridgehead atoms. The molecule has 0 amide bonds. The van der Waals surface area contributed by atoms with Crippen molar-refractivity contribution < 1.29 is 14.9 Å². The first-order valence-corrected chi connectivity index (χ1v) is 16.1. The number of fused-ring (bicyclic) bond motifs is 3. The van der Waals surface area contributed by atoms with E-state index in [1.54, 1.807) is 0 Å². The van der Waals surface area contributed by atoms with Gasteiger partial charge < -0.3 is 20.7 Å². The Morgan fingerprint density at radius 1 is 1.05 bits per heavy atom. The lowest BCUT2D eigenvalue weighted by Gasteiger charge is -2.79. The SMILES string of the molecule is C[C@@]12CCC[C@@]34CC[C@H](CO)[C@@](N)([C@@H]31)[C@H]1C#CCc3cc(O)ccc3C[C@@H]3C[C@@H](CC5(CCCC5)C3)[C@@]1(C4)O2. The second-order valence-corrected chi connectivity index (χ2v) is 15.6. The van der Waals surface area contributed by atoms with Crippen LogP contribution in [0.15, 0.2) is 18.2 Å². The van der Waals surface area contributed by atoms with Gasteiger partial charge in [-0.2, -0.15) is 0 Å². The zero-order valence-corrected chi connectivity index (χ0v) is 23.8. The summed E-state index contributed by atoms with van der Waals surface area (Å²) in [7, 11) is 0. The highest BCUT2D eigenvalue weighted by Crippen LogP contribution is 2.76. The fourth-order valence-corrected chi connectivity index (χ4v) is 12.7. The van der Waals surface area contributed by atoms with Crippen LogP contribution in [0.3, 0.4) is 0 Å². The van der Waals surface area contributed by atoms with E-state index in [0.717, 1.165) is 25.7 Å². The Labute approximate surface area is 234 Å². The summed E-state index contributed by atoms with van der Waals surface area (Å²) in [5, 5.41) is 21.2. The Morgan fingerprint density at radius 2 is 1.90 bits per heavy atom. The molecule has 2 aliphatic heterocycles. The number of nitrogens with two attached hydrogens (primary N) is 1. The Morgan fingerprint density at radius 3 is 2.72 bits per heavy atom. The van der Waals surface area contributed by atoms with Crippen LogP contribution in [0.1, 0.15) is 102 Å². The summed E-state index contributed by atoms with van der Waals surface area (Å²) in [6, 6.07) is 5.97. The van der Waals surface area contributed by atoms with Gasteiger partial charge in [0, 0.05) is 30.4 Å². The van der Waals surface area contributed by atoms with Gasteiger partial charge in [-0.1, -0.05) is 37.2 Å². The van der Waals surface area contributed by atoms with Crippen LogP contribution in [0.2, 0.25) is 0 Å². The number of hydrogen-bond acceptors (Lipinski definition) is 4. The standard InChI is InChI=1S/C35H47NO3/c1-31-11-5-14-33-15-10-26(21-37)35(36,30(31)33)29-7-4-6-24-18-28(38)9-8-25(24)16-23-17-27(34(29,22-33)39-31)20-32(19-23)12-2-3-13-32/h8-9,18,23,26-27,29-30,37-38H,2-3,5-6,10-17,19-22,36H2,1H3/t23-,26-,27+,29+,30-,31-,33+,34-,35+/m1/s1. The maximum absolute atomic E-state index is 10.8. The van der Waals surface area contributed by atoms with Crippen molar-refractivity contribution in [3.63, 3.8) is 0 Å². The van der Waals surface area contributed by atoms with Gasteiger partial charge in [0.1, 0.15) is 5.75 Å². The van der Waals surface area contributed by atoms with Gasteiger partial charge in [0.15, 0.2) is 0 Å². The minimum Gasteiger partial charge on any atom is -0.508 e. The van der Waals surface area contributed by atoms with Crippen LogP contribution in [0, 0.1) is 52.3 Å². The topological polar surface area (TPSA) is 75.7 Å². The first-order chi connectivity index (χ1) is 18.7. The summed E-state index contributed by atoms with van der Waals surface area (Å²) < 4.78 is 7.68. The molecule has 8 aliphatic rings. The summed E-state index contributed by atoms with van der Waals surface area (Å²) in [4.78, 5) is 0. The minimum absolute atomic E-state index is 0.0483. The van der Waals surface area contributed by atoms with E-state index in [9.17, 15) is 10.2 Å². The van der Waals surface area contributed by atoms with Gasteiger partial charge in [-0.15, -0.1) is 0 Å². The molecule has 0 unspecified atom stereocenters. The van der Waals surface area contributed by atoms with Crippen LogP contribution in [0.25, 0.3) is 0 Å². The third kappa shape index (κ3) is 3.30. The van der Waals surface area contributed by atoms with Crippen molar-refractivity contribution in [1.29, 1.82) is 0 Å². The number of phenols is 1. The fourth-order valence-electron chi connectivity index (χ4n) is 12.7. The largest absolute Gasteiger partial charge is 0.508 e. The van der Waals surface area contributed by atoms with E-state index in [0.29, 0.717) is 29.4 Å². The molecular formula is C35H47NO3. The summed E-state index contributed by atoms with van der Waals surface area (Å²) in [5.74, 6) is 9.20. The van der Waals surface area contributed by atoms with E-state index in [1.165, 1.54) is 75.3 Å². The third-order valence-corrected chi connectivity index (χ3v) is 13.6. The average Bonchev–Trinajstić information content (AvgIpc) is 3.32. The second-order valence-electron chi connectivity index (χ2n) is 15.6. The molecule has 210 valence electrons. The average molecular weight is 530 g/mol. The molecule has 39 heavy (non-hydrogen) atoms. The highest BCUT2D eigenvalue weighted by molar-refractivity contribution is 5.40. The van der Waals surface area contributed by atoms with Crippen LogP contribution in [0.4, 0.5) is 0 Å². The molecule has 0 aromatic heterocycles. The van der Waals surface area contributed by atoms with Crippen molar-refractivity contribution in [2.75, 3.05) is 6.61 Å². The molecule has 4 N–H and O–H groups in total. The first-order valence-electron chi connectivity index (χ1n) is 16.1. The summed E-state index contributed by atoms with van der Waals surface area (Å²) in [6.45, 7) is 2.55. The first kappa shape index (κ1) is 25.2. The van der Waals surface area contributed by atoms with Gasteiger partial charge in [-0.25, -0.2) is 0 Å². The Kier molecular flexibility index (Phi) is 5.34. The van der Waals surface area contributed by atoms with E-state index in [-0.39, 0.29) is 41.0 Å². The molecule has 4 nitrogen and oxygen atoms in total. The van der Waals surface area contributed by atoms with Crippen molar-refractivity contribution in [3.05, 3.63) is 29.3 Å². The van der Waals surface area contributed by atoms with E-state index in [2.05, 4.69) is 24.8 Å².